The largest absolute Gasteiger partial charge is 0.293 e. The van der Waals surface area contributed by atoms with E-state index in [0.717, 1.165) is 5.56 Å². The molecule has 2 aliphatic rings. The summed E-state index contributed by atoms with van der Waals surface area (Å²) in [5, 5.41) is 0. The van der Waals surface area contributed by atoms with Crippen molar-refractivity contribution in [1.29, 1.82) is 0 Å². The van der Waals surface area contributed by atoms with Gasteiger partial charge in [0.1, 0.15) is 0 Å². The molecule has 82 valence electrons. The Morgan fingerprint density at radius 3 is 2.56 bits per heavy atom. The third kappa shape index (κ3) is 1.35. The average molecular weight is 212 g/mol. The fourth-order valence-electron chi connectivity index (χ4n) is 3.38. The number of fused-ring (bicyclic) bond motifs is 2. The van der Waals surface area contributed by atoms with Crippen LogP contribution in [0.4, 0.5) is 0 Å². The summed E-state index contributed by atoms with van der Waals surface area (Å²) in [6.45, 7) is 4.14. The maximum absolute atomic E-state index is 12.4. The Hall–Kier alpha value is -1.37. The number of hydrogen-bond donors (Lipinski definition) is 0. The highest BCUT2D eigenvalue weighted by molar-refractivity contribution is 6.00. The number of carbonyl (C=O) groups excluding carboxylic acids is 1. The van der Waals surface area contributed by atoms with E-state index in [9.17, 15) is 4.79 Å². The molecule has 0 aliphatic heterocycles. The van der Waals surface area contributed by atoms with Crippen LogP contribution >= 0.6 is 0 Å². The summed E-state index contributed by atoms with van der Waals surface area (Å²) in [6.07, 6.45) is 3.66. The summed E-state index contributed by atoms with van der Waals surface area (Å²) < 4.78 is 0. The lowest BCUT2D eigenvalue weighted by Crippen LogP contribution is -2.22. The van der Waals surface area contributed by atoms with Gasteiger partial charge in [-0.05, 0) is 31.1 Å². The smallest absolute Gasteiger partial charge is 0.170 e. The third-order valence-electron chi connectivity index (χ3n) is 4.21. The second-order valence-corrected chi connectivity index (χ2v) is 5.05. The zero-order valence-electron chi connectivity index (χ0n) is 9.36. The lowest BCUT2D eigenvalue weighted by Gasteiger charge is -2.22. The van der Waals surface area contributed by atoms with Crippen molar-refractivity contribution in [3.05, 3.63) is 48.0 Å². The first-order valence-corrected chi connectivity index (χ1v) is 6.05. The fourth-order valence-corrected chi connectivity index (χ4v) is 3.38. The lowest BCUT2D eigenvalue weighted by molar-refractivity contribution is 0.0909. The molecule has 2 saturated carbocycles. The molecule has 2 bridgehead atoms. The van der Waals surface area contributed by atoms with Gasteiger partial charge >= 0.3 is 0 Å². The number of benzene rings is 1. The Kier molecular flexibility index (Phi) is 2.20. The number of rotatable bonds is 2. The van der Waals surface area contributed by atoms with Crippen molar-refractivity contribution in [3.8, 4) is 0 Å². The van der Waals surface area contributed by atoms with Crippen LogP contribution in [0.1, 0.15) is 29.6 Å². The van der Waals surface area contributed by atoms with E-state index in [2.05, 4.69) is 6.58 Å². The predicted octanol–water partition coefficient (Wildman–Crippen LogP) is 3.47. The van der Waals surface area contributed by atoms with Crippen molar-refractivity contribution in [2.75, 3.05) is 0 Å². The molecule has 3 rings (SSSR count). The molecule has 1 aromatic carbocycles. The second kappa shape index (κ2) is 3.58. The Bertz CT molecular complexity index is 432. The molecule has 0 aromatic heterocycles. The molecule has 2 aliphatic carbocycles. The molecule has 1 nitrogen and oxygen atoms in total. The number of allylic oxidation sites excluding steroid dienone is 1. The van der Waals surface area contributed by atoms with Gasteiger partial charge in [0.2, 0.25) is 0 Å². The topological polar surface area (TPSA) is 17.1 Å². The van der Waals surface area contributed by atoms with Crippen LogP contribution in [0.15, 0.2) is 42.5 Å². The highest BCUT2D eigenvalue weighted by Gasteiger charge is 2.45. The van der Waals surface area contributed by atoms with Crippen LogP contribution < -0.4 is 0 Å². The van der Waals surface area contributed by atoms with Gasteiger partial charge in [-0.15, -0.1) is 0 Å². The molecule has 3 atom stereocenters. The zero-order chi connectivity index (χ0) is 11.1. The first-order chi connectivity index (χ1) is 7.77. The molecule has 1 heteroatoms. The minimum Gasteiger partial charge on any atom is -0.293 e. The van der Waals surface area contributed by atoms with E-state index in [-0.39, 0.29) is 11.7 Å². The van der Waals surface area contributed by atoms with Crippen LogP contribution in [0.2, 0.25) is 0 Å². The van der Waals surface area contributed by atoms with Gasteiger partial charge < -0.3 is 0 Å². The second-order valence-electron chi connectivity index (χ2n) is 5.05. The number of ketones is 1. The summed E-state index contributed by atoms with van der Waals surface area (Å²) in [6, 6.07) is 9.65. The Balaban J connectivity index is 1.89. The molecule has 0 radical (unpaired) electrons. The average Bonchev–Trinajstić information content (AvgIpc) is 2.90. The van der Waals surface area contributed by atoms with Gasteiger partial charge in [0.25, 0.3) is 0 Å². The molecular weight excluding hydrogens is 196 g/mol. The lowest BCUT2D eigenvalue weighted by atomic mass is 9.80. The third-order valence-corrected chi connectivity index (χ3v) is 4.21. The highest BCUT2D eigenvalue weighted by Crippen LogP contribution is 2.52. The quantitative estimate of drug-likeness (QED) is 0.542. The van der Waals surface area contributed by atoms with Gasteiger partial charge in [0, 0.05) is 11.5 Å². The van der Waals surface area contributed by atoms with Gasteiger partial charge in [0.15, 0.2) is 5.78 Å². The summed E-state index contributed by atoms with van der Waals surface area (Å²) in [5.74, 6) is 1.60. The van der Waals surface area contributed by atoms with Gasteiger partial charge in [-0.3, -0.25) is 4.79 Å². The van der Waals surface area contributed by atoms with Crippen molar-refractivity contribution in [3.63, 3.8) is 0 Å². The van der Waals surface area contributed by atoms with Crippen molar-refractivity contribution in [1.82, 2.24) is 0 Å². The summed E-state index contributed by atoms with van der Waals surface area (Å²) >= 11 is 0. The van der Waals surface area contributed by atoms with Crippen LogP contribution in [-0.2, 0) is 0 Å². The van der Waals surface area contributed by atoms with E-state index in [4.69, 9.17) is 0 Å². The standard InChI is InChI=1S/C15H16O/c1-10-12-7-8-13(9-12)14(10)15(16)11-5-3-2-4-6-11/h2-6,12-14H,1,7-9H2. The number of hydrogen-bond acceptors (Lipinski definition) is 1. The Labute approximate surface area is 96.2 Å². The normalized spacial score (nSPS) is 32.0. The SMILES string of the molecule is C=C1C2CCC(C2)C1C(=O)c1ccccc1. The molecule has 3 unspecified atom stereocenters. The molecule has 0 N–H and O–H groups in total. The zero-order valence-corrected chi connectivity index (χ0v) is 9.36. The summed E-state index contributed by atoms with van der Waals surface area (Å²) in [4.78, 5) is 12.4. The van der Waals surface area contributed by atoms with E-state index in [1.165, 1.54) is 24.8 Å². The van der Waals surface area contributed by atoms with E-state index >= 15 is 0 Å². The highest BCUT2D eigenvalue weighted by atomic mass is 16.1. The van der Waals surface area contributed by atoms with E-state index in [1.807, 2.05) is 30.3 Å². The van der Waals surface area contributed by atoms with Gasteiger partial charge in [-0.2, -0.15) is 0 Å². The van der Waals surface area contributed by atoms with Gasteiger partial charge in [0.05, 0.1) is 0 Å². The minimum atomic E-state index is 0.112. The van der Waals surface area contributed by atoms with E-state index in [1.54, 1.807) is 0 Å². The van der Waals surface area contributed by atoms with Crippen molar-refractivity contribution in [2.24, 2.45) is 17.8 Å². The van der Waals surface area contributed by atoms with Crippen LogP contribution in [0.25, 0.3) is 0 Å². The van der Waals surface area contributed by atoms with Crippen LogP contribution in [0.5, 0.6) is 0 Å². The Morgan fingerprint density at radius 1 is 1.19 bits per heavy atom. The molecule has 0 heterocycles. The van der Waals surface area contributed by atoms with Gasteiger partial charge in [-0.25, -0.2) is 0 Å². The summed E-state index contributed by atoms with van der Waals surface area (Å²) in [5.41, 5.74) is 2.05. The van der Waals surface area contributed by atoms with Crippen molar-refractivity contribution < 1.29 is 4.79 Å². The maximum Gasteiger partial charge on any atom is 0.170 e. The molecule has 2 fully saturated rings. The molecule has 0 saturated heterocycles. The van der Waals surface area contributed by atoms with Crippen LogP contribution in [0.3, 0.4) is 0 Å². The van der Waals surface area contributed by atoms with Crippen molar-refractivity contribution >= 4 is 5.78 Å². The van der Waals surface area contributed by atoms with Crippen LogP contribution in [-0.4, -0.2) is 5.78 Å². The molecular formula is C15H16O. The molecule has 1 aromatic rings. The number of carbonyl (C=O) groups is 1. The maximum atomic E-state index is 12.4. The fraction of sp³-hybridized carbons (Fsp3) is 0.400. The number of Topliss-reactive ketones (excluding diaryl/α,β-unsaturated/α-hetero) is 1. The Morgan fingerprint density at radius 2 is 1.94 bits per heavy atom. The first kappa shape index (κ1) is 9.83. The van der Waals surface area contributed by atoms with E-state index < -0.39 is 0 Å². The monoisotopic (exact) mass is 212 g/mol. The first-order valence-electron chi connectivity index (χ1n) is 6.05. The molecule has 0 amide bonds. The minimum absolute atomic E-state index is 0.112. The summed E-state index contributed by atoms with van der Waals surface area (Å²) in [7, 11) is 0. The van der Waals surface area contributed by atoms with Crippen molar-refractivity contribution in [2.45, 2.75) is 19.3 Å². The molecule has 0 spiro atoms. The van der Waals surface area contributed by atoms with Gasteiger partial charge in [-0.1, -0.05) is 42.5 Å². The van der Waals surface area contributed by atoms with E-state index in [0.29, 0.717) is 11.8 Å². The molecule has 16 heavy (non-hydrogen) atoms. The predicted molar refractivity (Wildman–Crippen MR) is 64.2 cm³/mol. The van der Waals surface area contributed by atoms with Crippen LogP contribution in [0, 0.1) is 17.8 Å².